The lowest BCUT2D eigenvalue weighted by Gasteiger charge is -2.57. The number of hydrogen-bond donors (Lipinski definition) is 0. The van der Waals surface area contributed by atoms with E-state index in [0.717, 1.165) is 19.4 Å². The van der Waals surface area contributed by atoms with Gasteiger partial charge in [-0.1, -0.05) is 42.5 Å². The van der Waals surface area contributed by atoms with Gasteiger partial charge in [-0.15, -0.1) is 0 Å². The van der Waals surface area contributed by atoms with Gasteiger partial charge in [0.05, 0.1) is 13.7 Å². The molecule has 0 radical (unpaired) electrons. The number of carbonyl (C=O) groups excluding carboxylic acids is 1. The fourth-order valence-corrected chi connectivity index (χ4v) is 8.09. The summed E-state index contributed by atoms with van der Waals surface area (Å²) >= 11 is 0. The molecule has 3 unspecified atom stereocenters. The van der Waals surface area contributed by atoms with Crippen LogP contribution in [0.2, 0.25) is 0 Å². The van der Waals surface area contributed by atoms with Crippen LogP contribution in [0.25, 0.3) is 11.1 Å². The minimum Gasteiger partial charge on any atom is -0.464 e. The van der Waals surface area contributed by atoms with E-state index in [0.29, 0.717) is 19.7 Å². The molecule has 2 saturated heterocycles. The number of esters is 1. The van der Waals surface area contributed by atoms with Gasteiger partial charge < -0.3 is 14.0 Å². The third kappa shape index (κ3) is 5.00. The molecule has 0 N–H and O–H groups in total. The van der Waals surface area contributed by atoms with E-state index in [2.05, 4.69) is 61.2 Å². The Morgan fingerprint density at radius 1 is 0.975 bits per heavy atom. The molecule has 5 rings (SSSR count). The average Bonchev–Trinajstić information content (AvgIpc) is 3.33. The smallest absolute Gasteiger partial charge is 0.354 e. The van der Waals surface area contributed by atoms with Crippen molar-refractivity contribution in [2.45, 2.75) is 49.7 Å². The van der Waals surface area contributed by atoms with Gasteiger partial charge in [0.1, 0.15) is 5.69 Å². The highest BCUT2D eigenvalue weighted by Crippen LogP contribution is 2.43. The van der Waals surface area contributed by atoms with Gasteiger partial charge in [0.25, 0.3) is 10.0 Å². The summed E-state index contributed by atoms with van der Waals surface area (Å²) in [5.74, 6) is -0.420. The monoisotopic (exact) mass is 565 g/mol. The molecule has 3 heterocycles. The maximum Gasteiger partial charge on any atom is 0.354 e. The lowest BCUT2D eigenvalue weighted by Crippen LogP contribution is -2.68. The number of sulfonamides is 1. The van der Waals surface area contributed by atoms with Crippen LogP contribution in [-0.4, -0.2) is 80.7 Å². The highest BCUT2D eigenvalue weighted by molar-refractivity contribution is 7.89. The van der Waals surface area contributed by atoms with E-state index in [1.165, 1.54) is 51.6 Å². The van der Waals surface area contributed by atoms with E-state index in [-0.39, 0.29) is 28.7 Å². The number of carbonyl (C=O) groups is 1. The first-order chi connectivity index (χ1) is 19.2. The molecular weight excluding hydrogens is 526 g/mol. The van der Waals surface area contributed by atoms with Gasteiger partial charge in [-0.05, 0) is 73.2 Å². The van der Waals surface area contributed by atoms with Gasteiger partial charge in [0, 0.05) is 45.2 Å². The van der Waals surface area contributed by atoms with E-state index in [9.17, 15) is 13.2 Å². The SMILES string of the molecule is COCC1C(c2ccc(-c3cccc(C)c3C)cc2)C2CN(S(=O)(=O)c3ccc(C(=O)OC)n3C)CCCCN12. The summed E-state index contributed by atoms with van der Waals surface area (Å²) in [6.07, 6.45) is 1.67. The fourth-order valence-electron chi connectivity index (χ4n) is 6.42. The zero-order chi connectivity index (χ0) is 28.6. The first-order valence-electron chi connectivity index (χ1n) is 13.8. The molecule has 0 saturated carbocycles. The molecule has 3 aromatic rings. The lowest BCUT2D eigenvalue weighted by atomic mass is 9.74. The summed E-state index contributed by atoms with van der Waals surface area (Å²) in [5, 5.41) is 0.0993. The minimum absolute atomic E-state index is 0.0297. The van der Waals surface area contributed by atoms with Crippen molar-refractivity contribution < 1.29 is 22.7 Å². The predicted octanol–water partition coefficient (Wildman–Crippen LogP) is 4.36. The van der Waals surface area contributed by atoms with Crippen molar-refractivity contribution in [3.05, 3.63) is 77.0 Å². The van der Waals surface area contributed by atoms with Gasteiger partial charge in [-0.25, -0.2) is 13.2 Å². The Bertz CT molecular complexity index is 1480. The van der Waals surface area contributed by atoms with Crippen molar-refractivity contribution in [1.82, 2.24) is 13.8 Å². The van der Waals surface area contributed by atoms with Crippen LogP contribution in [0.4, 0.5) is 0 Å². The van der Waals surface area contributed by atoms with E-state index in [1.807, 2.05) is 0 Å². The second-order valence-electron chi connectivity index (χ2n) is 10.9. The quantitative estimate of drug-likeness (QED) is 0.396. The van der Waals surface area contributed by atoms with Gasteiger partial charge in [0.2, 0.25) is 0 Å². The molecule has 2 aliphatic rings. The van der Waals surface area contributed by atoms with Gasteiger partial charge >= 0.3 is 5.97 Å². The Hall–Kier alpha value is -2.98. The van der Waals surface area contributed by atoms with Crippen molar-refractivity contribution in [3.63, 3.8) is 0 Å². The third-order valence-corrected chi connectivity index (χ3v) is 10.7. The summed E-state index contributed by atoms with van der Waals surface area (Å²) in [7, 11) is 0.774. The zero-order valence-corrected chi connectivity index (χ0v) is 24.8. The van der Waals surface area contributed by atoms with Crippen molar-refractivity contribution in [2.75, 3.05) is 40.5 Å². The van der Waals surface area contributed by atoms with Crippen molar-refractivity contribution >= 4 is 16.0 Å². The summed E-state index contributed by atoms with van der Waals surface area (Å²) in [6, 6.07) is 18.3. The summed E-state index contributed by atoms with van der Waals surface area (Å²) in [6.45, 7) is 6.61. The molecule has 9 heteroatoms. The highest BCUT2D eigenvalue weighted by atomic mass is 32.2. The Labute approximate surface area is 237 Å². The summed E-state index contributed by atoms with van der Waals surface area (Å²) in [5.41, 5.74) is 6.36. The molecule has 3 atom stereocenters. The van der Waals surface area contributed by atoms with E-state index in [1.54, 1.807) is 18.5 Å². The maximum atomic E-state index is 13.9. The van der Waals surface area contributed by atoms with Gasteiger partial charge in [0.15, 0.2) is 5.03 Å². The maximum absolute atomic E-state index is 13.9. The number of rotatable bonds is 7. The second kappa shape index (κ2) is 11.5. The number of aryl methyl sites for hydroxylation is 1. The molecule has 2 aliphatic heterocycles. The number of methoxy groups -OCH3 is 2. The molecule has 2 aromatic carbocycles. The first kappa shape index (κ1) is 28.5. The molecule has 0 amide bonds. The molecule has 2 fully saturated rings. The van der Waals surface area contributed by atoms with Crippen LogP contribution in [0.5, 0.6) is 0 Å². The molecular formula is C31H39N3O5S. The molecule has 214 valence electrons. The molecule has 0 spiro atoms. The van der Waals surface area contributed by atoms with Crippen LogP contribution in [0.3, 0.4) is 0 Å². The number of aromatic nitrogens is 1. The number of ether oxygens (including phenoxy) is 2. The van der Waals surface area contributed by atoms with Gasteiger partial charge in [-0.3, -0.25) is 4.90 Å². The number of fused-ring (bicyclic) bond motifs is 1. The summed E-state index contributed by atoms with van der Waals surface area (Å²) < 4.78 is 41.3. The van der Waals surface area contributed by atoms with E-state index >= 15 is 0 Å². The van der Waals surface area contributed by atoms with Gasteiger partial charge in [-0.2, -0.15) is 4.31 Å². The van der Waals surface area contributed by atoms with Crippen LogP contribution >= 0.6 is 0 Å². The second-order valence-corrected chi connectivity index (χ2v) is 12.8. The summed E-state index contributed by atoms with van der Waals surface area (Å²) in [4.78, 5) is 14.5. The van der Waals surface area contributed by atoms with E-state index in [4.69, 9.17) is 9.47 Å². The highest BCUT2D eigenvalue weighted by Gasteiger charge is 2.50. The fraction of sp³-hybridized carbons (Fsp3) is 0.452. The molecule has 8 nitrogen and oxygen atoms in total. The third-order valence-electron chi connectivity index (χ3n) is 8.77. The topological polar surface area (TPSA) is 81.1 Å². The average molecular weight is 566 g/mol. The van der Waals surface area contributed by atoms with Crippen LogP contribution in [0, 0.1) is 13.8 Å². The van der Waals surface area contributed by atoms with Crippen LogP contribution in [0.1, 0.15) is 45.9 Å². The Kier molecular flexibility index (Phi) is 8.20. The number of nitrogens with zero attached hydrogens (tertiary/aromatic N) is 3. The normalized spacial score (nSPS) is 22.2. The number of benzene rings is 2. The first-order valence-corrected chi connectivity index (χ1v) is 15.3. The van der Waals surface area contributed by atoms with Crippen LogP contribution in [-0.2, 0) is 26.5 Å². The predicted molar refractivity (Wildman–Crippen MR) is 155 cm³/mol. The molecule has 0 bridgehead atoms. The largest absolute Gasteiger partial charge is 0.464 e. The van der Waals surface area contributed by atoms with E-state index < -0.39 is 16.0 Å². The standard InChI is InChI=1S/C31H39N3O5S/c1-21-9-8-10-25(22(21)2)23-11-13-24(14-12-23)30-27-19-33(17-6-7-18-34(27)28(30)20-38-4)40(36,37)29-16-15-26(32(29)3)31(35)39-5/h8-16,27-28,30H,6-7,17-20H2,1-5H3. The van der Waals surface area contributed by atoms with Crippen molar-refractivity contribution in [1.29, 1.82) is 0 Å². The molecule has 1 aromatic heterocycles. The Morgan fingerprint density at radius 2 is 1.70 bits per heavy atom. The number of hydrogen-bond acceptors (Lipinski definition) is 6. The van der Waals surface area contributed by atoms with Crippen molar-refractivity contribution in [3.8, 4) is 11.1 Å². The Balaban J connectivity index is 1.45. The van der Waals surface area contributed by atoms with Crippen LogP contribution < -0.4 is 0 Å². The minimum atomic E-state index is -3.83. The Morgan fingerprint density at radius 3 is 2.40 bits per heavy atom. The molecule has 40 heavy (non-hydrogen) atoms. The zero-order valence-electron chi connectivity index (χ0n) is 24.0. The lowest BCUT2D eigenvalue weighted by molar-refractivity contribution is -0.0635. The molecule has 0 aliphatic carbocycles. The van der Waals surface area contributed by atoms with Crippen LogP contribution in [0.15, 0.2) is 59.6 Å². The van der Waals surface area contributed by atoms with Crippen molar-refractivity contribution in [2.24, 2.45) is 7.05 Å².